The molecular formula is C25H24Cl2N6O3. The van der Waals surface area contributed by atoms with Gasteiger partial charge in [0.1, 0.15) is 5.60 Å². The number of anilines is 1. The molecule has 0 saturated heterocycles. The summed E-state index contributed by atoms with van der Waals surface area (Å²) in [5, 5.41) is 10.8. The van der Waals surface area contributed by atoms with Crippen molar-refractivity contribution in [3.8, 4) is 11.3 Å². The number of aryl methyl sites for hydroxylation is 1. The number of ether oxygens (including phenoxy) is 1. The van der Waals surface area contributed by atoms with Gasteiger partial charge in [-0.2, -0.15) is 9.50 Å². The number of hydrogen-bond acceptors (Lipinski definition) is 6. The van der Waals surface area contributed by atoms with Gasteiger partial charge in [0, 0.05) is 27.5 Å². The fourth-order valence-electron chi connectivity index (χ4n) is 3.49. The molecule has 0 radical (unpaired) electrons. The van der Waals surface area contributed by atoms with E-state index in [2.05, 4.69) is 25.7 Å². The fraction of sp³-hybridized carbons (Fsp3) is 0.240. The van der Waals surface area contributed by atoms with Crippen molar-refractivity contribution in [1.29, 1.82) is 0 Å². The van der Waals surface area contributed by atoms with Gasteiger partial charge in [-0.1, -0.05) is 41.4 Å². The number of carbonyl (C=O) groups is 2. The number of carbonyl (C=O) groups excluding carboxylic acids is 2. The van der Waals surface area contributed by atoms with Gasteiger partial charge in [0.25, 0.3) is 11.7 Å². The summed E-state index contributed by atoms with van der Waals surface area (Å²) < 4.78 is 6.80. The number of nitrogens with one attached hydrogen (secondary N) is 2. The molecule has 2 N–H and O–H groups in total. The first-order valence-corrected chi connectivity index (χ1v) is 11.8. The molecule has 2 heterocycles. The molecule has 2 aromatic carbocycles. The number of para-hydroxylation sites is 1. The van der Waals surface area contributed by atoms with Crippen LogP contribution in [0.5, 0.6) is 0 Å². The summed E-state index contributed by atoms with van der Waals surface area (Å²) in [7, 11) is 0. The zero-order valence-electron chi connectivity index (χ0n) is 20.1. The molecule has 9 nitrogen and oxygen atoms in total. The molecule has 2 aromatic heterocycles. The smallest absolute Gasteiger partial charge is 0.407 e. The van der Waals surface area contributed by atoms with E-state index in [1.54, 1.807) is 58.0 Å². The van der Waals surface area contributed by atoms with Crippen molar-refractivity contribution in [1.82, 2.24) is 24.9 Å². The summed E-state index contributed by atoms with van der Waals surface area (Å²) in [5.41, 5.74) is 2.24. The minimum Gasteiger partial charge on any atom is -0.444 e. The number of hydrogen-bond donors (Lipinski definition) is 2. The second-order valence-electron chi connectivity index (χ2n) is 8.97. The molecule has 0 aliphatic carbocycles. The maximum absolute atomic E-state index is 12.9. The first kappa shape index (κ1) is 25.4. The van der Waals surface area contributed by atoms with Gasteiger partial charge < -0.3 is 15.4 Å². The molecule has 0 aliphatic rings. The molecule has 0 saturated carbocycles. The Hall–Kier alpha value is -3.69. The topological polar surface area (TPSA) is 111 Å². The second-order valence-corrected chi connectivity index (χ2v) is 9.81. The fourth-order valence-corrected chi connectivity index (χ4v) is 3.99. The maximum Gasteiger partial charge on any atom is 0.407 e. The minimum absolute atomic E-state index is 0.0728. The van der Waals surface area contributed by atoms with Crippen molar-refractivity contribution in [2.45, 2.75) is 39.8 Å². The molecule has 0 atom stereocenters. The lowest BCUT2D eigenvalue weighted by Gasteiger charge is -2.20. The molecule has 2 amide bonds. The summed E-state index contributed by atoms with van der Waals surface area (Å²) in [6, 6.07) is 14.0. The second kappa shape index (κ2) is 10.1. The van der Waals surface area contributed by atoms with Crippen LogP contribution in [0.1, 0.15) is 42.6 Å². The summed E-state index contributed by atoms with van der Waals surface area (Å²) >= 11 is 12.7. The Morgan fingerprint density at radius 2 is 1.78 bits per heavy atom. The Bertz CT molecular complexity index is 1450. The number of fused-ring (bicyclic) bond motifs is 1. The van der Waals surface area contributed by atoms with E-state index in [-0.39, 0.29) is 18.1 Å². The lowest BCUT2D eigenvalue weighted by atomic mass is 10.0. The SMILES string of the molecule is Cc1nc2nc(C(=O)Nc3ccccc3)nn2c(-c2ccc(Cl)cc2Cl)c1CNC(=O)OC(C)(C)C. The van der Waals surface area contributed by atoms with Crippen LogP contribution in [-0.4, -0.2) is 37.2 Å². The van der Waals surface area contributed by atoms with Crippen molar-refractivity contribution >= 4 is 46.7 Å². The van der Waals surface area contributed by atoms with Gasteiger partial charge in [-0.15, -0.1) is 5.10 Å². The highest BCUT2D eigenvalue weighted by molar-refractivity contribution is 6.36. The predicted molar refractivity (Wildman–Crippen MR) is 138 cm³/mol. The average molecular weight is 527 g/mol. The standard InChI is InChI=1S/C25H24Cl2N6O3/c1-14-18(13-28-24(35)36-25(2,3)4)20(17-11-10-15(26)12-19(17)27)33-23(29-14)31-21(32-33)22(34)30-16-8-6-5-7-9-16/h5-12H,13H2,1-4H3,(H,28,35)(H,30,34). The highest BCUT2D eigenvalue weighted by Crippen LogP contribution is 2.33. The lowest BCUT2D eigenvalue weighted by Crippen LogP contribution is -2.32. The van der Waals surface area contributed by atoms with Crippen LogP contribution in [0.25, 0.3) is 17.0 Å². The lowest BCUT2D eigenvalue weighted by molar-refractivity contribution is 0.0523. The molecule has 0 unspecified atom stereocenters. The summed E-state index contributed by atoms with van der Waals surface area (Å²) in [6.07, 6.45) is -0.586. The van der Waals surface area contributed by atoms with Crippen molar-refractivity contribution in [2.75, 3.05) is 5.32 Å². The van der Waals surface area contributed by atoms with Crippen LogP contribution in [0.4, 0.5) is 10.5 Å². The maximum atomic E-state index is 12.9. The number of halogens is 2. The van der Waals surface area contributed by atoms with Crippen LogP contribution in [-0.2, 0) is 11.3 Å². The largest absolute Gasteiger partial charge is 0.444 e. The van der Waals surface area contributed by atoms with E-state index in [0.29, 0.717) is 38.2 Å². The van der Waals surface area contributed by atoms with Crippen LogP contribution in [0.15, 0.2) is 48.5 Å². The average Bonchev–Trinajstić information content (AvgIpc) is 3.21. The number of rotatable bonds is 5. The number of nitrogens with zero attached hydrogens (tertiary/aromatic N) is 4. The Kier molecular flexibility index (Phi) is 7.14. The van der Waals surface area contributed by atoms with E-state index >= 15 is 0 Å². The van der Waals surface area contributed by atoms with Crippen LogP contribution in [0, 0.1) is 6.92 Å². The minimum atomic E-state index is -0.656. The molecule has 0 bridgehead atoms. The third-order valence-electron chi connectivity index (χ3n) is 5.02. The Balaban J connectivity index is 1.80. The normalized spacial score (nSPS) is 11.4. The first-order valence-electron chi connectivity index (χ1n) is 11.1. The van der Waals surface area contributed by atoms with Crippen LogP contribution >= 0.6 is 23.2 Å². The van der Waals surface area contributed by atoms with Crippen molar-refractivity contribution in [3.63, 3.8) is 0 Å². The van der Waals surface area contributed by atoms with E-state index in [1.165, 1.54) is 4.52 Å². The monoisotopic (exact) mass is 526 g/mol. The Morgan fingerprint density at radius 3 is 2.44 bits per heavy atom. The van der Waals surface area contributed by atoms with Crippen molar-refractivity contribution < 1.29 is 14.3 Å². The van der Waals surface area contributed by atoms with Gasteiger partial charge in [0.15, 0.2) is 0 Å². The highest BCUT2D eigenvalue weighted by Gasteiger charge is 2.23. The number of alkyl carbamates (subject to hydrolysis) is 1. The van der Waals surface area contributed by atoms with Crippen LogP contribution in [0.2, 0.25) is 10.0 Å². The third-order valence-corrected chi connectivity index (χ3v) is 5.57. The van der Waals surface area contributed by atoms with E-state index in [9.17, 15) is 9.59 Å². The van der Waals surface area contributed by atoms with Gasteiger partial charge >= 0.3 is 6.09 Å². The van der Waals surface area contributed by atoms with Crippen LogP contribution in [0.3, 0.4) is 0 Å². The van der Waals surface area contributed by atoms with Crippen molar-refractivity contribution in [2.24, 2.45) is 0 Å². The van der Waals surface area contributed by atoms with E-state index in [1.807, 2.05) is 18.2 Å². The van der Waals surface area contributed by atoms with E-state index < -0.39 is 17.6 Å². The molecule has 0 aliphatic heterocycles. The summed E-state index contributed by atoms with van der Waals surface area (Å²) in [4.78, 5) is 34.1. The number of aromatic nitrogens is 4. The quantitative estimate of drug-likeness (QED) is 0.345. The third kappa shape index (κ3) is 5.75. The predicted octanol–water partition coefficient (Wildman–Crippen LogP) is 5.68. The molecule has 4 aromatic rings. The molecule has 4 rings (SSSR count). The first-order chi connectivity index (χ1) is 17.0. The van der Waals surface area contributed by atoms with Crippen molar-refractivity contribution in [3.05, 3.63) is 75.7 Å². The molecular weight excluding hydrogens is 503 g/mol. The number of amides is 2. The Labute approximate surface area is 217 Å². The highest BCUT2D eigenvalue weighted by atomic mass is 35.5. The van der Waals surface area contributed by atoms with Gasteiger partial charge in [0.05, 0.1) is 17.3 Å². The molecule has 186 valence electrons. The molecule has 0 fully saturated rings. The number of benzene rings is 2. The zero-order chi connectivity index (χ0) is 26.0. The summed E-state index contributed by atoms with van der Waals surface area (Å²) in [6.45, 7) is 7.19. The van der Waals surface area contributed by atoms with Gasteiger partial charge in [-0.25, -0.2) is 9.78 Å². The van der Waals surface area contributed by atoms with Gasteiger partial charge in [0.2, 0.25) is 5.82 Å². The Morgan fingerprint density at radius 1 is 1.06 bits per heavy atom. The van der Waals surface area contributed by atoms with Crippen LogP contribution < -0.4 is 10.6 Å². The van der Waals surface area contributed by atoms with E-state index in [0.717, 1.165) is 0 Å². The molecule has 0 spiro atoms. The van der Waals surface area contributed by atoms with Gasteiger partial charge in [-0.3, -0.25) is 4.79 Å². The molecule has 11 heteroatoms. The van der Waals surface area contributed by atoms with E-state index in [4.69, 9.17) is 27.9 Å². The summed E-state index contributed by atoms with van der Waals surface area (Å²) in [5.74, 6) is -0.368. The molecule has 36 heavy (non-hydrogen) atoms. The zero-order valence-corrected chi connectivity index (χ0v) is 21.6. The van der Waals surface area contributed by atoms with Gasteiger partial charge in [-0.05, 0) is 58.0 Å².